The maximum atomic E-state index is 13.2. The number of carbonyl (C=O) groups is 1. The molecule has 80 valence electrons. The Kier molecular flexibility index (Phi) is 2.37. The fraction of sp³-hybridized carbons (Fsp3) is 0.462. The standard InChI is InChI=1S/C13H15FO/c1-3-13(2)8-11(15)6-9-4-5-10(14)7-12(9)13/h4-5,7H,3,6,8H2,1-2H3. The molecule has 0 saturated carbocycles. The van der Waals surface area contributed by atoms with Gasteiger partial charge in [-0.15, -0.1) is 0 Å². The van der Waals surface area contributed by atoms with E-state index in [0.717, 1.165) is 17.5 Å². The van der Waals surface area contributed by atoms with E-state index in [4.69, 9.17) is 0 Å². The predicted octanol–water partition coefficient (Wildman–Crippen LogP) is 3.01. The van der Waals surface area contributed by atoms with Gasteiger partial charge in [0.25, 0.3) is 0 Å². The molecule has 1 unspecified atom stereocenters. The first-order valence-electron chi connectivity index (χ1n) is 5.36. The van der Waals surface area contributed by atoms with Crippen molar-refractivity contribution in [1.82, 2.24) is 0 Å². The minimum Gasteiger partial charge on any atom is -0.299 e. The number of fused-ring (bicyclic) bond motifs is 1. The Labute approximate surface area is 89.3 Å². The van der Waals surface area contributed by atoms with Crippen LogP contribution in [0.3, 0.4) is 0 Å². The van der Waals surface area contributed by atoms with Crippen molar-refractivity contribution in [3.8, 4) is 0 Å². The van der Waals surface area contributed by atoms with Crippen LogP contribution >= 0.6 is 0 Å². The van der Waals surface area contributed by atoms with Crippen molar-refractivity contribution < 1.29 is 9.18 Å². The third-order valence-corrected chi connectivity index (χ3v) is 3.48. The number of rotatable bonds is 1. The summed E-state index contributed by atoms with van der Waals surface area (Å²) in [7, 11) is 0. The Morgan fingerprint density at radius 2 is 2.20 bits per heavy atom. The van der Waals surface area contributed by atoms with E-state index in [-0.39, 0.29) is 17.0 Å². The maximum absolute atomic E-state index is 13.2. The van der Waals surface area contributed by atoms with E-state index in [1.165, 1.54) is 6.07 Å². The minimum absolute atomic E-state index is 0.174. The molecular formula is C13H15FO. The third-order valence-electron chi connectivity index (χ3n) is 3.48. The Hall–Kier alpha value is -1.18. The summed E-state index contributed by atoms with van der Waals surface area (Å²) < 4.78 is 13.2. The second-order valence-corrected chi connectivity index (χ2v) is 4.61. The molecule has 0 aromatic heterocycles. The maximum Gasteiger partial charge on any atom is 0.138 e. The highest BCUT2D eigenvalue weighted by molar-refractivity contribution is 5.85. The molecule has 2 rings (SSSR count). The van der Waals surface area contributed by atoms with E-state index in [1.54, 1.807) is 12.1 Å². The molecule has 2 heteroatoms. The lowest BCUT2D eigenvalue weighted by molar-refractivity contribution is -0.120. The van der Waals surface area contributed by atoms with Crippen molar-refractivity contribution in [2.24, 2.45) is 0 Å². The van der Waals surface area contributed by atoms with E-state index < -0.39 is 0 Å². The lowest BCUT2D eigenvalue weighted by Gasteiger charge is -2.34. The molecule has 0 bridgehead atoms. The fourth-order valence-corrected chi connectivity index (χ4v) is 2.39. The highest BCUT2D eigenvalue weighted by Crippen LogP contribution is 2.38. The van der Waals surface area contributed by atoms with Gasteiger partial charge in [-0.3, -0.25) is 4.79 Å². The first kappa shape index (κ1) is 10.3. The van der Waals surface area contributed by atoms with E-state index >= 15 is 0 Å². The molecule has 0 heterocycles. The molecular weight excluding hydrogens is 191 g/mol. The summed E-state index contributed by atoms with van der Waals surface area (Å²) >= 11 is 0. The number of ketones is 1. The summed E-state index contributed by atoms with van der Waals surface area (Å²) in [6.45, 7) is 4.09. The highest BCUT2D eigenvalue weighted by Gasteiger charge is 2.34. The summed E-state index contributed by atoms with van der Waals surface area (Å²) in [6.07, 6.45) is 1.88. The fourth-order valence-electron chi connectivity index (χ4n) is 2.39. The SMILES string of the molecule is CCC1(C)CC(=O)Cc2ccc(F)cc21. The Bertz CT molecular complexity index is 411. The Balaban J connectivity index is 2.57. The van der Waals surface area contributed by atoms with Crippen LogP contribution in [0.4, 0.5) is 4.39 Å². The molecule has 0 aliphatic heterocycles. The van der Waals surface area contributed by atoms with E-state index in [0.29, 0.717) is 12.8 Å². The largest absolute Gasteiger partial charge is 0.299 e. The van der Waals surface area contributed by atoms with E-state index in [9.17, 15) is 9.18 Å². The number of benzene rings is 1. The van der Waals surface area contributed by atoms with Crippen LogP contribution in [-0.4, -0.2) is 5.78 Å². The van der Waals surface area contributed by atoms with Gasteiger partial charge in [-0.1, -0.05) is 19.9 Å². The number of Topliss-reactive ketones (excluding diaryl/α,β-unsaturated/α-hetero) is 1. The summed E-state index contributed by atoms with van der Waals surface area (Å²) in [5.41, 5.74) is 1.84. The molecule has 0 N–H and O–H groups in total. The first-order chi connectivity index (χ1) is 7.05. The number of hydrogen-bond acceptors (Lipinski definition) is 1. The predicted molar refractivity (Wildman–Crippen MR) is 57.4 cm³/mol. The Morgan fingerprint density at radius 3 is 2.87 bits per heavy atom. The molecule has 0 amide bonds. The zero-order valence-corrected chi connectivity index (χ0v) is 9.14. The van der Waals surface area contributed by atoms with Gasteiger partial charge in [0, 0.05) is 12.8 Å². The van der Waals surface area contributed by atoms with Crippen LogP contribution in [0.25, 0.3) is 0 Å². The van der Waals surface area contributed by atoms with Crippen molar-refractivity contribution in [3.05, 3.63) is 35.1 Å². The van der Waals surface area contributed by atoms with E-state index in [2.05, 4.69) is 0 Å². The molecule has 0 radical (unpaired) electrons. The molecule has 0 spiro atoms. The topological polar surface area (TPSA) is 17.1 Å². The van der Waals surface area contributed by atoms with Crippen LogP contribution < -0.4 is 0 Å². The molecule has 1 aliphatic rings. The van der Waals surface area contributed by atoms with Crippen LogP contribution in [0, 0.1) is 5.82 Å². The third kappa shape index (κ3) is 1.69. The summed E-state index contributed by atoms with van der Waals surface area (Å²) in [6, 6.07) is 4.77. The second-order valence-electron chi connectivity index (χ2n) is 4.61. The lowest BCUT2D eigenvalue weighted by Crippen LogP contribution is -2.32. The van der Waals surface area contributed by atoms with Gasteiger partial charge in [-0.05, 0) is 35.1 Å². The number of hydrogen-bond donors (Lipinski definition) is 0. The summed E-state index contributed by atoms with van der Waals surface area (Å²) in [5.74, 6) is 0.0567. The molecule has 0 fully saturated rings. The smallest absolute Gasteiger partial charge is 0.138 e. The van der Waals surface area contributed by atoms with Gasteiger partial charge >= 0.3 is 0 Å². The molecule has 1 aliphatic carbocycles. The first-order valence-corrected chi connectivity index (χ1v) is 5.36. The molecule has 1 atom stereocenters. The van der Waals surface area contributed by atoms with Gasteiger partial charge in [0.2, 0.25) is 0 Å². The molecule has 0 saturated heterocycles. The number of halogens is 1. The van der Waals surface area contributed by atoms with Gasteiger partial charge in [0.05, 0.1) is 0 Å². The average molecular weight is 206 g/mol. The quantitative estimate of drug-likeness (QED) is 0.690. The summed E-state index contributed by atoms with van der Waals surface area (Å²) in [4.78, 5) is 11.6. The second kappa shape index (κ2) is 3.44. The van der Waals surface area contributed by atoms with Crippen molar-refractivity contribution in [3.63, 3.8) is 0 Å². The van der Waals surface area contributed by atoms with Gasteiger partial charge in [-0.25, -0.2) is 4.39 Å². The monoisotopic (exact) mass is 206 g/mol. The van der Waals surface area contributed by atoms with Gasteiger partial charge in [-0.2, -0.15) is 0 Å². The zero-order chi connectivity index (χ0) is 11.1. The normalized spacial score (nSPS) is 25.1. The van der Waals surface area contributed by atoms with Crippen LogP contribution in [0.2, 0.25) is 0 Å². The van der Waals surface area contributed by atoms with Gasteiger partial charge in [0.15, 0.2) is 0 Å². The average Bonchev–Trinajstić information content (AvgIpc) is 2.19. The van der Waals surface area contributed by atoms with Crippen LogP contribution in [0.5, 0.6) is 0 Å². The zero-order valence-electron chi connectivity index (χ0n) is 9.14. The van der Waals surface area contributed by atoms with Gasteiger partial charge < -0.3 is 0 Å². The minimum atomic E-state index is -0.206. The molecule has 1 nitrogen and oxygen atoms in total. The van der Waals surface area contributed by atoms with E-state index in [1.807, 2.05) is 13.8 Å². The molecule has 15 heavy (non-hydrogen) atoms. The number of carbonyl (C=O) groups excluding carboxylic acids is 1. The highest BCUT2D eigenvalue weighted by atomic mass is 19.1. The van der Waals surface area contributed by atoms with Crippen LogP contribution in [-0.2, 0) is 16.6 Å². The molecule has 1 aromatic rings. The van der Waals surface area contributed by atoms with Crippen molar-refractivity contribution >= 4 is 5.78 Å². The van der Waals surface area contributed by atoms with Crippen molar-refractivity contribution in [2.45, 2.75) is 38.5 Å². The van der Waals surface area contributed by atoms with Crippen molar-refractivity contribution in [1.29, 1.82) is 0 Å². The van der Waals surface area contributed by atoms with Gasteiger partial charge in [0.1, 0.15) is 11.6 Å². The lowest BCUT2D eigenvalue weighted by atomic mass is 9.69. The van der Waals surface area contributed by atoms with Crippen LogP contribution in [0.15, 0.2) is 18.2 Å². The van der Waals surface area contributed by atoms with Crippen LogP contribution in [0.1, 0.15) is 37.8 Å². The molecule has 1 aromatic carbocycles. The summed E-state index contributed by atoms with van der Waals surface area (Å²) in [5, 5.41) is 0. The Morgan fingerprint density at radius 1 is 1.47 bits per heavy atom. The van der Waals surface area contributed by atoms with Crippen molar-refractivity contribution in [2.75, 3.05) is 0 Å².